The van der Waals surface area contributed by atoms with E-state index in [1.807, 2.05) is 0 Å². The van der Waals surface area contributed by atoms with Gasteiger partial charge in [-0.15, -0.1) is 40.5 Å². The third-order valence-corrected chi connectivity index (χ3v) is 1.33. The molecule has 0 spiro atoms. The fraction of sp³-hybridized carbons (Fsp3) is 1.00. The lowest BCUT2D eigenvalue weighted by Gasteiger charge is -2.01. The van der Waals surface area contributed by atoms with E-state index >= 15 is 0 Å². The zero-order chi connectivity index (χ0) is 18.1. The summed E-state index contributed by atoms with van der Waals surface area (Å²) in [5.41, 5.74) is 0. The van der Waals surface area contributed by atoms with Gasteiger partial charge >= 0.3 is 0 Å². The van der Waals surface area contributed by atoms with Crippen LogP contribution in [0.15, 0.2) is 0 Å². The average Bonchev–Trinajstić information content (AvgIpc) is 2.42. The Balaban J connectivity index is 0. The van der Waals surface area contributed by atoms with Crippen LogP contribution in [-0.2, 0) is 24.1 Å². The Morgan fingerprint density at radius 3 is 0.913 bits per heavy atom. The highest BCUT2D eigenvalue weighted by atomic mass is 17.0. The van der Waals surface area contributed by atoms with E-state index in [2.05, 4.69) is 24.1 Å². The molecule has 0 aliphatic heterocycles. The molecule has 0 fully saturated rings. The summed E-state index contributed by atoms with van der Waals surface area (Å²) in [7, 11) is 0. The minimum Gasteiger partial charge on any atom is -0.377 e. The summed E-state index contributed by atoms with van der Waals surface area (Å²) in [5.74, 6) is 0. The van der Waals surface area contributed by atoms with Crippen molar-refractivity contribution in [3.05, 3.63) is 40.5 Å². The Bertz CT molecular complexity index is 341. The second-order valence-electron chi connectivity index (χ2n) is 2.84. The first kappa shape index (κ1) is 22.0. The van der Waals surface area contributed by atoms with Crippen LogP contribution in [0.3, 0.4) is 0 Å². The molecule has 0 N–H and O–H groups in total. The quantitative estimate of drug-likeness (QED) is 0.217. The summed E-state index contributed by atoms with van der Waals surface area (Å²) >= 11 is 0. The predicted molar refractivity (Wildman–Crippen MR) is 62.6 cm³/mol. The maximum atomic E-state index is 9.59. The summed E-state index contributed by atoms with van der Waals surface area (Å²) in [6.07, 6.45) is 0. The highest BCUT2D eigenvalue weighted by Gasteiger charge is 1.97. The molecule has 0 aromatic heterocycles. The lowest BCUT2D eigenvalue weighted by atomic mass is 10.7. The topological polar surface area (TPSA) is 219 Å². The number of hydrogen-bond donors (Lipinski definition) is 0. The van der Waals surface area contributed by atoms with Gasteiger partial charge in [0.1, 0.15) is 26.4 Å². The van der Waals surface area contributed by atoms with E-state index in [0.29, 0.717) is 0 Å². The van der Waals surface area contributed by atoms with Gasteiger partial charge in [0, 0.05) is 0 Å². The first-order valence-corrected chi connectivity index (χ1v) is 5.42. The third kappa shape index (κ3) is 27.8. The molecule has 0 rings (SSSR count). The van der Waals surface area contributed by atoms with Crippen LogP contribution < -0.4 is 0 Å². The van der Waals surface area contributed by atoms with Gasteiger partial charge in [0.2, 0.25) is 0 Å². The van der Waals surface area contributed by atoms with Gasteiger partial charge in [-0.05, 0) is 0 Å². The lowest BCUT2D eigenvalue weighted by Crippen LogP contribution is -2.13. The van der Waals surface area contributed by atoms with Crippen molar-refractivity contribution in [1.82, 2.24) is 0 Å². The van der Waals surface area contributed by atoms with Gasteiger partial charge < -0.3 is 24.1 Å². The monoisotopic (exact) mass is 348 g/mol. The molecule has 0 radical (unpaired) electrons. The number of nitrogens with zero attached hydrogens (tertiary/aromatic N) is 4. The van der Waals surface area contributed by atoms with Crippen LogP contribution in [0, 0.1) is 40.5 Å². The normalized spacial score (nSPS) is 8.87. The van der Waals surface area contributed by atoms with Crippen molar-refractivity contribution in [3.63, 3.8) is 0 Å². The molecule has 23 heavy (non-hydrogen) atoms. The first-order chi connectivity index (χ1) is 10.8. The van der Waals surface area contributed by atoms with Crippen molar-refractivity contribution in [3.8, 4) is 0 Å². The van der Waals surface area contributed by atoms with E-state index < -0.39 is 33.6 Å². The summed E-state index contributed by atoms with van der Waals surface area (Å²) in [5, 5.41) is 34.0. The summed E-state index contributed by atoms with van der Waals surface area (Å²) in [4.78, 5) is 53.1. The van der Waals surface area contributed by atoms with Gasteiger partial charge in [-0.1, -0.05) is 0 Å². The van der Waals surface area contributed by atoms with Crippen LogP contribution in [-0.4, -0.2) is 60.0 Å². The minimum atomic E-state index is -1.05. The van der Waals surface area contributed by atoms with Gasteiger partial charge in [0.15, 0.2) is 0 Å². The second kappa shape index (κ2) is 15.2. The number of rotatable bonds is 13. The molecular formula is C6H12N4O13. The zero-order valence-electron chi connectivity index (χ0n) is 11.3. The van der Waals surface area contributed by atoms with Gasteiger partial charge in [0.05, 0.1) is 13.2 Å². The molecule has 0 aliphatic rings. The Labute approximate surface area is 126 Å². The third-order valence-electron chi connectivity index (χ3n) is 1.33. The molecule has 0 unspecified atom stereocenters. The van der Waals surface area contributed by atoms with Crippen LogP contribution >= 0.6 is 0 Å². The molecule has 0 amide bonds. The van der Waals surface area contributed by atoms with Gasteiger partial charge in [-0.3, -0.25) is 0 Å². The van der Waals surface area contributed by atoms with E-state index in [-0.39, 0.29) is 26.4 Å². The molecular weight excluding hydrogens is 336 g/mol. The molecule has 17 nitrogen and oxygen atoms in total. The van der Waals surface area contributed by atoms with Crippen molar-refractivity contribution < 1.29 is 44.4 Å². The van der Waals surface area contributed by atoms with Crippen LogP contribution in [0.1, 0.15) is 0 Å². The molecule has 0 aromatic carbocycles. The van der Waals surface area contributed by atoms with Crippen molar-refractivity contribution in [2.24, 2.45) is 0 Å². The highest BCUT2D eigenvalue weighted by molar-refractivity contribution is 4.26. The maximum Gasteiger partial charge on any atom is 0.294 e. The van der Waals surface area contributed by atoms with Crippen molar-refractivity contribution in [2.45, 2.75) is 0 Å². The summed E-state index contributed by atoms with van der Waals surface area (Å²) in [6, 6.07) is 0. The number of ether oxygens (including phenoxy) is 1. The van der Waals surface area contributed by atoms with Gasteiger partial charge in [-0.2, -0.15) is 0 Å². The Morgan fingerprint density at radius 1 is 0.478 bits per heavy atom. The lowest BCUT2D eigenvalue weighted by molar-refractivity contribution is -0.780. The average molecular weight is 348 g/mol. The first-order valence-electron chi connectivity index (χ1n) is 5.42. The zero-order valence-corrected chi connectivity index (χ0v) is 11.3. The largest absolute Gasteiger partial charge is 0.377 e. The van der Waals surface area contributed by atoms with E-state index in [9.17, 15) is 40.5 Å². The SMILES string of the molecule is O=[N+]([O-])OCCOCCO[N+](=O)[O-].O=[N+]([O-])OCCO[N+](=O)[O-]. The fourth-order valence-electron chi connectivity index (χ4n) is 0.667. The smallest absolute Gasteiger partial charge is 0.294 e. The Hall–Kier alpha value is -3.24. The van der Waals surface area contributed by atoms with Crippen LogP contribution in [0.5, 0.6) is 0 Å². The molecule has 134 valence electrons. The van der Waals surface area contributed by atoms with E-state index in [1.165, 1.54) is 0 Å². The Morgan fingerprint density at radius 2 is 0.696 bits per heavy atom. The van der Waals surface area contributed by atoms with Crippen molar-refractivity contribution >= 4 is 0 Å². The molecule has 0 saturated carbocycles. The minimum absolute atomic E-state index is 0.0119. The molecule has 0 saturated heterocycles. The van der Waals surface area contributed by atoms with E-state index in [1.54, 1.807) is 0 Å². The van der Waals surface area contributed by atoms with E-state index in [0.717, 1.165) is 0 Å². The molecule has 0 bridgehead atoms. The van der Waals surface area contributed by atoms with Gasteiger partial charge in [0.25, 0.3) is 20.3 Å². The van der Waals surface area contributed by atoms with Gasteiger partial charge in [-0.25, -0.2) is 0 Å². The van der Waals surface area contributed by atoms with Crippen molar-refractivity contribution in [2.75, 3.05) is 39.6 Å². The van der Waals surface area contributed by atoms with Crippen LogP contribution in [0.25, 0.3) is 0 Å². The molecule has 0 aromatic rings. The van der Waals surface area contributed by atoms with Crippen LogP contribution in [0.2, 0.25) is 0 Å². The molecule has 17 heteroatoms. The van der Waals surface area contributed by atoms with E-state index in [4.69, 9.17) is 0 Å². The van der Waals surface area contributed by atoms with Crippen LogP contribution in [0.4, 0.5) is 0 Å². The molecule has 0 heterocycles. The highest BCUT2D eigenvalue weighted by Crippen LogP contribution is 1.81. The Kier molecular flexibility index (Phi) is 14.5. The molecule has 0 aliphatic carbocycles. The summed E-state index contributed by atoms with van der Waals surface area (Å²) in [6.45, 7) is -1.30. The fourth-order valence-corrected chi connectivity index (χ4v) is 0.667. The standard InChI is InChI=1S/C4H8N2O7.C2H4N2O6/c7-5(8)12-3-1-11-2-4-13-6(9)10;5-3(6)9-1-2-10-4(7)8/h1-4H2;1-2H2. The summed E-state index contributed by atoms with van der Waals surface area (Å²) < 4.78 is 4.68. The number of hydrogen-bond acceptors (Lipinski definition) is 13. The second-order valence-corrected chi connectivity index (χ2v) is 2.84. The predicted octanol–water partition coefficient (Wildman–Crippen LogP) is -1.18. The van der Waals surface area contributed by atoms with Crippen molar-refractivity contribution in [1.29, 1.82) is 0 Å². The molecule has 0 atom stereocenters. The maximum absolute atomic E-state index is 9.59.